The molecule has 8 nitrogen and oxygen atoms in total. The van der Waals surface area contributed by atoms with Gasteiger partial charge in [-0.1, -0.05) is 12.1 Å². The molecule has 162 valence electrons. The van der Waals surface area contributed by atoms with Gasteiger partial charge in [-0.05, 0) is 58.6 Å². The van der Waals surface area contributed by atoms with E-state index in [1.54, 1.807) is 51.1 Å². The molecule has 0 saturated heterocycles. The van der Waals surface area contributed by atoms with Gasteiger partial charge in [0.1, 0.15) is 12.1 Å². The molecule has 1 aromatic rings. The number of rotatable bonds is 9. The first-order valence-electron chi connectivity index (χ1n) is 9.16. The Kier molecular flexibility index (Phi) is 8.84. The van der Waals surface area contributed by atoms with Gasteiger partial charge in [0.05, 0.1) is 6.26 Å². The Balaban J connectivity index is 2.83. The molecule has 1 N–H and O–H groups in total. The van der Waals surface area contributed by atoms with Crippen LogP contribution in [0, 0.1) is 0 Å². The molecule has 0 fully saturated rings. The van der Waals surface area contributed by atoms with E-state index in [2.05, 4.69) is 4.72 Å². The van der Waals surface area contributed by atoms with Crippen molar-refractivity contribution in [2.24, 2.45) is 0 Å². The van der Waals surface area contributed by atoms with Crippen molar-refractivity contribution < 1.29 is 22.7 Å². The zero-order valence-electron chi connectivity index (χ0n) is 17.9. The number of carbonyl (C=O) groups excluding carboxylic acids is 2. The standard InChI is InChI=1S/C20H31N3O5S/c1-20(2,3)28-19(25)15-23(14-13-22(4)5)18(24)12-9-16-7-10-17(11-8-16)21-29(6,26)27/h7-12,21H,13-15H2,1-6H3/b12-9+. The van der Waals surface area contributed by atoms with Crippen LogP contribution in [0.1, 0.15) is 26.3 Å². The summed E-state index contributed by atoms with van der Waals surface area (Å²) in [6.45, 7) is 6.18. The average molecular weight is 426 g/mol. The predicted octanol–water partition coefficient (Wildman–Crippen LogP) is 1.80. The van der Waals surface area contributed by atoms with Gasteiger partial charge >= 0.3 is 5.97 Å². The third-order valence-electron chi connectivity index (χ3n) is 3.50. The number of anilines is 1. The second-order valence-electron chi connectivity index (χ2n) is 7.98. The lowest BCUT2D eigenvalue weighted by molar-refractivity contribution is -0.158. The maximum absolute atomic E-state index is 12.6. The SMILES string of the molecule is CN(C)CCN(CC(=O)OC(C)(C)C)C(=O)/C=C/c1ccc(NS(C)(=O)=O)cc1. The summed E-state index contributed by atoms with van der Waals surface area (Å²) in [6.07, 6.45) is 4.08. The highest BCUT2D eigenvalue weighted by Crippen LogP contribution is 2.12. The quantitative estimate of drug-likeness (QED) is 0.479. The van der Waals surface area contributed by atoms with Crippen molar-refractivity contribution in [3.63, 3.8) is 0 Å². The van der Waals surface area contributed by atoms with Gasteiger partial charge < -0.3 is 14.5 Å². The summed E-state index contributed by atoms with van der Waals surface area (Å²) in [5, 5.41) is 0. The van der Waals surface area contributed by atoms with Crippen molar-refractivity contribution in [2.45, 2.75) is 26.4 Å². The smallest absolute Gasteiger partial charge is 0.326 e. The number of carbonyl (C=O) groups is 2. The Hall–Kier alpha value is -2.39. The third-order valence-corrected chi connectivity index (χ3v) is 4.11. The van der Waals surface area contributed by atoms with Gasteiger partial charge in [-0.3, -0.25) is 14.3 Å². The summed E-state index contributed by atoms with van der Waals surface area (Å²) in [6, 6.07) is 6.59. The van der Waals surface area contributed by atoms with Crippen LogP contribution in [0.5, 0.6) is 0 Å². The number of hydrogen-bond acceptors (Lipinski definition) is 6. The van der Waals surface area contributed by atoms with Crippen LogP contribution >= 0.6 is 0 Å². The normalized spacial score (nSPS) is 12.2. The summed E-state index contributed by atoms with van der Waals surface area (Å²) >= 11 is 0. The lowest BCUT2D eigenvalue weighted by atomic mass is 10.2. The maximum atomic E-state index is 12.6. The molecule has 0 radical (unpaired) electrons. The van der Waals surface area contributed by atoms with Crippen LogP contribution in [0.3, 0.4) is 0 Å². The van der Waals surface area contributed by atoms with Crippen LogP contribution in [0.4, 0.5) is 5.69 Å². The van der Waals surface area contributed by atoms with Gasteiger partial charge in [-0.2, -0.15) is 0 Å². The zero-order valence-corrected chi connectivity index (χ0v) is 18.7. The number of nitrogens with zero attached hydrogens (tertiary/aromatic N) is 2. The van der Waals surface area contributed by atoms with Crippen LogP contribution in [-0.4, -0.2) is 75.7 Å². The number of sulfonamides is 1. The molecule has 0 atom stereocenters. The van der Waals surface area contributed by atoms with Crippen molar-refractivity contribution in [1.29, 1.82) is 0 Å². The van der Waals surface area contributed by atoms with E-state index >= 15 is 0 Å². The van der Waals surface area contributed by atoms with Gasteiger partial charge in [-0.15, -0.1) is 0 Å². The molecule has 0 heterocycles. The number of ether oxygens (including phenoxy) is 1. The second kappa shape index (κ2) is 10.4. The molecule has 1 aromatic carbocycles. The lowest BCUT2D eigenvalue weighted by Crippen LogP contribution is -2.41. The van der Waals surface area contributed by atoms with Crippen molar-refractivity contribution in [2.75, 3.05) is 44.7 Å². The van der Waals surface area contributed by atoms with Crippen LogP contribution in [0.25, 0.3) is 6.08 Å². The lowest BCUT2D eigenvalue weighted by Gasteiger charge is -2.25. The van der Waals surface area contributed by atoms with Gasteiger partial charge in [0, 0.05) is 24.9 Å². The van der Waals surface area contributed by atoms with Gasteiger partial charge in [0.25, 0.3) is 0 Å². The minimum Gasteiger partial charge on any atom is -0.459 e. The van der Waals surface area contributed by atoms with E-state index in [0.29, 0.717) is 18.8 Å². The fourth-order valence-corrected chi connectivity index (χ4v) is 2.83. The summed E-state index contributed by atoms with van der Waals surface area (Å²) < 4.78 is 30.2. The van der Waals surface area contributed by atoms with Crippen molar-refractivity contribution in [3.8, 4) is 0 Å². The highest BCUT2D eigenvalue weighted by molar-refractivity contribution is 7.92. The fourth-order valence-electron chi connectivity index (χ4n) is 2.27. The molecule has 0 saturated carbocycles. The molecule has 0 spiro atoms. The van der Waals surface area contributed by atoms with Crippen LogP contribution < -0.4 is 4.72 Å². The first-order chi connectivity index (χ1) is 13.2. The molecule has 0 aromatic heterocycles. The maximum Gasteiger partial charge on any atom is 0.326 e. The number of esters is 1. The minimum atomic E-state index is -3.34. The number of hydrogen-bond donors (Lipinski definition) is 1. The number of nitrogens with one attached hydrogen (secondary N) is 1. The van der Waals surface area contributed by atoms with Crippen LogP contribution in [0.15, 0.2) is 30.3 Å². The molecule has 0 bridgehead atoms. The monoisotopic (exact) mass is 425 g/mol. The Morgan fingerprint density at radius 2 is 1.69 bits per heavy atom. The Labute approximate surface area is 173 Å². The molecule has 0 aliphatic rings. The topological polar surface area (TPSA) is 96.0 Å². The molecule has 9 heteroatoms. The first-order valence-corrected chi connectivity index (χ1v) is 11.1. The third kappa shape index (κ3) is 11.3. The molecule has 0 aliphatic heterocycles. The highest BCUT2D eigenvalue weighted by Gasteiger charge is 2.21. The molecule has 0 aliphatic carbocycles. The largest absolute Gasteiger partial charge is 0.459 e. The van der Waals surface area contributed by atoms with E-state index < -0.39 is 21.6 Å². The Bertz CT molecular complexity index is 825. The van der Waals surface area contributed by atoms with Crippen LogP contribution in [-0.2, 0) is 24.3 Å². The number of amides is 1. The first kappa shape index (κ1) is 24.6. The van der Waals surface area contributed by atoms with E-state index in [4.69, 9.17) is 4.74 Å². The Morgan fingerprint density at radius 1 is 1.10 bits per heavy atom. The zero-order chi connectivity index (χ0) is 22.2. The van der Waals surface area contributed by atoms with E-state index in [9.17, 15) is 18.0 Å². The summed E-state index contributed by atoms with van der Waals surface area (Å²) in [4.78, 5) is 28.1. The molecular formula is C20H31N3O5S. The fraction of sp³-hybridized carbons (Fsp3) is 0.500. The van der Waals surface area contributed by atoms with E-state index in [1.165, 1.54) is 11.0 Å². The molecule has 1 rings (SSSR count). The highest BCUT2D eigenvalue weighted by atomic mass is 32.2. The predicted molar refractivity (Wildman–Crippen MR) is 115 cm³/mol. The molecule has 29 heavy (non-hydrogen) atoms. The number of benzene rings is 1. The minimum absolute atomic E-state index is 0.133. The van der Waals surface area contributed by atoms with Gasteiger partial charge in [-0.25, -0.2) is 8.42 Å². The summed E-state index contributed by atoms with van der Waals surface area (Å²) in [5.41, 5.74) is 0.543. The van der Waals surface area contributed by atoms with Crippen LogP contribution in [0.2, 0.25) is 0 Å². The number of likely N-dealkylation sites (N-methyl/N-ethyl adjacent to an activating group) is 1. The molecule has 0 unspecified atom stereocenters. The Morgan fingerprint density at radius 3 is 2.17 bits per heavy atom. The van der Waals surface area contributed by atoms with E-state index in [0.717, 1.165) is 11.8 Å². The average Bonchev–Trinajstić information content (AvgIpc) is 2.54. The second-order valence-corrected chi connectivity index (χ2v) is 9.73. The van der Waals surface area contributed by atoms with E-state index in [1.807, 2.05) is 19.0 Å². The van der Waals surface area contributed by atoms with Crippen molar-refractivity contribution in [3.05, 3.63) is 35.9 Å². The van der Waals surface area contributed by atoms with Gasteiger partial charge in [0.2, 0.25) is 15.9 Å². The molecule has 1 amide bonds. The molecular weight excluding hydrogens is 394 g/mol. The van der Waals surface area contributed by atoms with E-state index in [-0.39, 0.29) is 12.5 Å². The summed E-state index contributed by atoms with van der Waals surface area (Å²) in [5.74, 6) is -0.773. The van der Waals surface area contributed by atoms with Gasteiger partial charge in [0.15, 0.2) is 0 Å². The summed E-state index contributed by atoms with van der Waals surface area (Å²) in [7, 11) is 0.432. The van der Waals surface area contributed by atoms with Crippen molar-refractivity contribution in [1.82, 2.24) is 9.80 Å². The van der Waals surface area contributed by atoms with Crippen molar-refractivity contribution >= 4 is 33.7 Å².